The molecule has 0 aliphatic rings. The van der Waals surface area contributed by atoms with Crippen LogP contribution in [0.5, 0.6) is 0 Å². The lowest BCUT2D eigenvalue weighted by Crippen LogP contribution is -2.48. The van der Waals surface area contributed by atoms with Gasteiger partial charge in [0.15, 0.2) is 0 Å². The van der Waals surface area contributed by atoms with Crippen molar-refractivity contribution in [1.29, 1.82) is 0 Å². The summed E-state index contributed by atoms with van der Waals surface area (Å²) in [5.74, 6) is -0.353. The quantitative estimate of drug-likeness (QED) is 0.761. The molecule has 0 bridgehead atoms. The molecule has 0 aromatic heterocycles. The SMILES string of the molecule is CCOC(=O)[C@@](C)(N)Cc1ccccc1. The van der Waals surface area contributed by atoms with Gasteiger partial charge in [-0.05, 0) is 19.4 Å². The average Bonchev–Trinajstić information content (AvgIpc) is 2.19. The van der Waals surface area contributed by atoms with E-state index in [1.54, 1.807) is 13.8 Å². The summed E-state index contributed by atoms with van der Waals surface area (Å²) >= 11 is 0. The highest BCUT2D eigenvalue weighted by atomic mass is 16.5. The first-order chi connectivity index (χ1) is 7.06. The maximum atomic E-state index is 11.5. The summed E-state index contributed by atoms with van der Waals surface area (Å²) in [6.45, 7) is 3.83. The molecule has 3 heteroatoms. The lowest BCUT2D eigenvalue weighted by atomic mass is 9.94. The molecule has 1 aromatic rings. The highest BCUT2D eigenvalue weighted by Gasteiger charge is 2.29. The smallest absolute Gasteiger partial charge is 0.326 e. The van der Waals surface area contributed by atoms with E-state index in [1.165, 1.54) is 0 Å². The summed E-state index contributed by atoms with van der Waals surface area (Å²) < 4.78 is 4.91. The molecule has 0 saturated carbocycles. The fourth-order valence-electron chi connectivity index (χ4n) is 1.39. The number of rotatable bonds is 4. The van der Waals surface area contributed by atoms with Crippen LogP contribution in [0.2, 0.25) is 0 Å². The molecular weight excluding hydrogens is 190 g/mol. The van der Waals surface area contributed by atoms with Crippen molar-refractivity contribution >= 4 is 5.97 Å². The molecular formula is C12H17NO2. The van der Waals surface area contributed by atoms with E-state index in [4.69, 9.17) is 10.5 Å². The molecule has 0 spiro atoms. The van der Waals surface area contributed by atoms with E-state index in [0.717, 1.165) is 5.56 Å². The first kappa shape index (κ1) is 11.7. The number of hydrogen-bond acceptors (Lipinski definition) is 3. The Bertz CT molecular complexity index is 320. The summed E-state index contributed by atoms with van der Waals surface area (Å²) in [6, 6.07) is 9.68. The number of ether oxygens (including phenoxy) is 1. The first-order valence-electron chi connectivity index (χ1n) is 5.06. The monoisotopic (exact) mass is 207 g/mol. The Labute approximate surface area is 90.2 Å². The van der Waals surface area contributed by atoms with Crippen molar-refractivity contribution in [3.05, 3.63) is 35.9 Å². The van der Waals surface area contributed by atoms with Crippen LogP contribution in [0.3, 0.4) is 0 Å². The number of benzene rings is 1. The van der Waals surface area contributed by atoms with Gasteiger partial charge in [0, 0.05) is 6.42 Å². The van der Waals surface area contributed by atoms with Gasteiger partial charge < -0.3 is 10.5 Å². The lowest BCUT2D eigenvalue weighted by molar-refractivity contribution is -0.148. The molecule has 0 fully saturated rings. The lowest BCUT2D eigenvalue weighted by Gasteiger charge is -2.22. The number of hydrogen-bond donors (Lipinski definition) is 1. The summed E-state index contributed by atoms with van der Waals surface area (Å²) in [6.07, 6.45) is 0.493. The minimum Gasteiger partial charge on any atom is -0.465 e. The topological polar surface area (TPSA) is 52.3 Å². The van der Waals surface area contributed by atoms with Crippen molar-refractivity contribution in [2.75, 3.05) is 6.61 Å². The fourth-order valence-corrected chi connectivity index (χ4v) is 1.39. The third-order valence-electron chi connectivity index (χ3n) is 2.16. The van der Waals surface area contributed by atoms with Gasteiger partial charge in [-0.25, -0.2) is 0 Å². The standard InChI is InChI=1S/C12H17NO2/c1-3-15-11(14)12(2,13)9-10-7-5-4-6-8-10/h4-8H,3,9,13H2,1-2H3/t12-/m0/s1. The molecule has 82 valence electrons. The van der Waals surface area contributed by atoms with Gasteiger partial charge in [-0.3, -0.25) is 4.79 Å². The second kappa shape index (κ2) is 4.94. The highest BCUT2D eigenvalue weighted by Crippen LogP contribution is 2.12. The second-order valence-corrected chi connectivity index (χ2v) is 3.80. The van der Waals surface area contributed by atoms with Crippen molar-refractivity contribution in [1.82, 2.24) is 0 Å². The zero-order chi connectivity index (χ0) is 11.3. The maximum absolute atomic E-state index is 11.5. The Hall–Kier alpha value is -1.35. The summed E-state index contributed by atoms with van der Waals surface area (Å²) in [7, 11) is 0. The van der Waals surface area contributed by atoms with Crippen molar-refractivity contribution in [2.45, 2.75) is 25.8 Å². The Morgan fingerprint density at radius 2 is 2.00 bits per heavy atom. The highest BCUT2D eigenvalue weighted by molar-refractivity contribution is 5.80. The van der Waals surface area contributed by atoms with E-state index < -0.39 is 5.54 Å². The van der Waals surface area contributed by atoms with Gasteiger partial charge in [-0.1, -0.05) is 30.3 Å². The van der Waals surface area contributed by atoms with Gasteiger partial charge in [0.1, 0.15) is 5.54 Å². The predicted octanol–water partition coefficient (Wildman–Crippen LogP) is 1.51. The van der Waals surface area contributed by atoms with E-state index in [9.17, 15) is 4.79 Å². The minimum absolute atomic E-state index is 0.353. The number of nitrogens with two attached hydrogens (primary N) is 1. The Kier molecular flexibility index (Phi) is 3.86. The zero-order valence-corrected chi connectivity index (χ0v) is 9.19. The van der Waals surface area contributed by atoms with Crippen molar-refractivity contribution < 1.29 is 9.53 Å². The number of carbonyl (C=O) groups excluding carboxylic acids is 1. The third-order valence-corrected chi connectivity index (χ3v) is 2.16. The van der Waals surface area contributed by atoms with E-state index in [2.05, 4.69) is 0 Å². The summed E-state index contributed by atoms with van der Waals surface area (Å²) in [5.41, 5.74) is 5.99. The molecule has 1 aromatic carbocycles. The number of esters is 1. The van der Waals surface area contributed by atoms with Crippen LogP contribution in [0, 0.1) is 0 Å². The van der Waals surface area contributed by atoms with Crippen LogP contribution in [0.25, 0.3) is 0 Å². The van der Waals surface area contributed by atoms with Crippen molar-refractivity contribution in [2.24, 2.45) is 5.73 Å². The largest absolute Gasteiger partial charge is 0.465 e. The first-order valence-corrected chi connectivity index (χ1v) is 5.06. The minimum atomic E-state index is -0.947. The summed E-state index contributed by atoms with van der Waals surface area (Å²) in [4.78, 5) is 11.5. The van der Waals surface area contributed by atoms with Crippen LogP contribution < -0.4 is 5.73 Å². The van der Waals surface area contributed by atoms with Crippen LogP contribution in [-0.2, 0) is 16.0 Å². The van der Waals surface area contributed by atoms with E-state index in [0.29, 0.717) is 13.0 Å². The Morgan fingerprint density at radius 1 is 1.40 bits per heavy atom. The zero-order valence-electron chi connectivity index (χ0n) is 9.19. The van der Waals surface area contributed by atoms with Gasteiger partial charge in [0.2, 0.25) is 0 Å². The van der Waals surface area contributed by atoms with Gasteiger partial charge in [-0.2, -0.15) is 0 Å². The van der Waals surface area contributed by atoms with Gasteiger partial charge in [0.05, 0.1) is 6.61 Å². The molecule has 0 aliphatic carbocycles. The molecule has 0 saturated heterocycles. The molecule has 0 heterocycles. The number of carbonyl (C=O) groups is 1. The maximum Gasteiger partial charge on any atom is 0.326 e. The van der Waals surface area contributed by atoms with E-state index in [-0.39, 0.29) is 5.97 Å². The average molecular weight is 207 g/mol. The fraction of sp³-hybridized carbons (Fsp3) is 0.417. The third kappa shape index (κ3) is 3.36. The molecule has 1 atom stereocenters. The summed E-state index contributed by atoms with van der Waals surface area (Å²) in [5, 5.41) is 0. The van der Waals surface area contributed by atoms with Crippen LogP contribution >= 0.6 is 0 Å². The molecule has 2 N–H and O–H groups in total. The Balaban J connectivity index is 2.68. The van der Waals surface area contributed by atoms with Crippen LogP contribution in [0.4, 0.5) is 0 Å². The predicted molar refractivity (Wildman–Crippen MR) is 59.4 cm³/mol. The van der Waals surface area contributed by atoms with Gasteiger partial charge in [0.25, 0.3) is 0 Å². The molecule has 0 aliphatic heterocycles. The van der Waals surface area contributed by atoms with Crippen LogP contribution in [-0.4, -0.2) is 18.1 Å². The van der Waals surface area contributed by atoms with Gasteiger partial charge >= 0.3 is 5.97 Å². The Morgan fingerprint density at radius 3 is 2.53 bits per heavy atom. The van der Waals surface area contributed by atoms with Crippen LogP contribution in [0.1, 0.15) is 19.4 Å². The molecule has 0 unspecified atom stereocenters. The van der Waals surface area contributed by atoms with Crippen LogP contribution in [0.15, 0.2) is 30.3 Å². The van der Waals surface area contributed by atoms with Gasteiger partial charge in [-0.15, -0.1) is 0 Å². The van der Waals surface area contributed by atoms with Crippen molar-refractivity contribution in [3.63, 3.8) is 0 Å². The molecule has 3 nitrogen and oxygen atoms in total. The normalized spacial score (nSPS) is 14.3. The molecule has 15 heavy (non-hydrogen) atoms. The van der Waals surface area contributed by atoms with E-state index in [1.807, 2.05) is 30.3 Å². The van der Waals surface area contributed by atoms with Crippen molar-refractivity contribution in [3.8, 4) is 0 Å². The molecule has 1 rings (SSSR count). The molecule has 0 radical (unpaired) electrons. The molecule has 0 amide bonds. The van der Waals surface area contributed by atoms with E-state index >= 15 is 0 Å². The second-order valence-electron chi connectivity index (χ2n) is 3.80.